The van der Waals surface area contributed by atoms with Gasteiger partial charge in [-0.2, -0.15) is 0 Å². The van der Waals surface area contributed by atoms with Crippen molar-refractivity contribution >= 4 is 13.8 Å². The van der Waals surface area contributed by atoms with Gasteiger partial charge in [-0.15, -0.1) is 0 Å². The summed E-state index contributed by atoms with van der Waals surface area (Å²) in [4.78, 5) is 26.6. The summed E-state index contributed by atoms with van der Waals surface area (Å²) >= 11 is 0. The first-order chi connectivity index (χ1) is 5.37. The van der Waals surface area contributed by atoms with Crippen molar-refractivity contribution in [2.24, 2.45) is 0 Å². The molecule has 0 aromatic carbocycles. The molecule has 12 heavy (non-hydrogen) atoms. The van der Waals surface area contributed by atoms with Gasteiger partial charge in [0, 0.05) is 0 Å². The normalized spacial score (nSPS) is 12.8. The van der Waals surface area contributed by atoms with E-state index in [-0.39, 0.29) is 12.0 Å². The fourth-order valence-electron chi connectivity index (χ4n) is 0.417. The van der Waals surface area contributed by atoms with Crippen LogP contribution < -0.4 is 0 Å². The summed E-state index contributed by atoms with van der Waals surface area (Å²) in [5.41, 5.74) is -0.196. The highest BCUT2D eigenvalue weighted by Crippen LogP contribution is 2.36. The number of hydrogen-bond donors (Lipinski definition) is 3. The average molecular weight is 196 g/mol. The number of phosphoric ester groups is 1. The molecule has 0 atom stereocenters. The fourth-order valence-corrected chi connectivity index (χ4v) is 0.682. The largest absolute Gasteiger partial charge is 0.524 e. The summed E-state index contributed by atoms with van der Waals surface area (Å²) in [6.45, 7) is 1.53. The van der Waals surface area contributed by atoms with Crippen LogP contribution in [0.2, 0.25) is 0 Å². The van der Waals surface area contributed by atoms with E-state index in [0.717, 1.165) is 0 Å². The minimum atomic E-state index is -4.61. The van der Waals surface area contributed by atoms with E-state index in [1.807, 2.05) is 0 Å². The van der Waals surface area contributed by atoms with Gasteiger partial charge < -0.3 is 9.63 Å². The zero-order chi connectivity index (χ0) is 9.78. The Kier molecular flexibility index (Phi) is 3.95. The number of carboxylic acids is 1. The van der Waals surface area contributed by atoms with Crippen molar-refractivity contribution in [3.8, 4) is 0 Å². The first kappa shape index (κ1) is 11.2. The zero-order valence-corrected chi connectivity index (χ0v) is 7.19. The van der Waals surface area contributed by atoms with E-state index in [4.69, 9.17) is 14.9 Å². The summed E-state index contributed by atoms with van der Waals surface area (Å²) < 4.78 is 14.0. The Balaban J connectivity index is 4.33. The van der Waals surface area contributed by atoms with Crippen LogP contribution in [0, 0.1) is 0 Å². The molecule has 70 valence electrons. The third-order valence-electron chi connectivity index (χ3n) is 0.988. The van der Waals surface area contributed by atoms with Crippen LogP contribution in [0.25, 0.3) is 0 Å². The molecular formula is C5H9O6P. The smallest absolute Gasteiger partial charge is 0.478 e. The molecule has 0 fully saturated rings. The zero-order valence-electron chi connectivity index (χ0n) is 6.30. The van der Waals surface area contributed by atoms with Gasteiger partial charge in [0.25, 0.3) is 0 Å². The van der Waals surface area contributed by atoms with Crippen molar-refractivity contribution in [2.75, 3.05) is 0 Å². The molecular weight excluding hydrogens is 187 g/mol. The Morgan fingerprint density at radius 2 is 2.08 bits per heavy atom. The Morgan fingerprint density at radius 3 is 2.33 bits per heavy atom. The molecule has 3 N–H and O–H groups in total. The Hall–Kier alpha value is -0.840. The molecule has 7 heteroatoms. The van der Waals surface area contributed by atoms with Gasteiger partial charge in [-0.25, -0.2) is 9.36 Å². The van der Waals surface area contributed by atoms with E-state index in [2.05, 4.69) is 4.52 Å². The molecule has 0 heterocycles. The maximum absolute atomic E-state index is 10.2. The lowest BCUT2D eigenvalue weighted by Gasteiger charge is -2.02. The number of hydrogen-bond acceptors (Lipinski definition) is 3. The van der Waals surface area contributed by atoms with Crippen LogP contribution in [0.5, 0.6) is 0 Å². The first-order valence-corrected chi connectivity index (χ1v) is 4.56. The highest BCUT2D eigenvalue weighted by atomic mass is 31.2. The quantitative estimate of drug-likeness (QED) is 0.343. The predicted molar refractivity (Wildman–Crippen MR) is 39.1 cm³/mol. The van der Waals surface area contributed by atoms with Gasteiger partial charge in [0.05, 0.1) is 5.57 Å². The summed E-state index contributed by atoms with van der Waals surface area (Å²) in [5.74, 6) is -1.26. The highest BCUT2D eigenvalue weighted by Gasteiger charge is 2.14. The van der Waals surface area contributed by atoms with Crippen molar-refractivity contribution in [3.05, 3.63) is 11.8 Å². The summed E-state index contributed by atoms with van der Waals surface area (Å²) in [5, 5.41) is 8.37. The number of phosphoric acid groups is 1. The molecule has 6 nitrogen and oxygen atoms in total. The number of carbonyl (C=O) groups is 1. The highest BCUT2D eigenvalue weighted by molar-refractivity contribution is 7.46. The van der Waals surface area contributed by atoms with Crippen molar-refractivity contribution in [3.63, 3.8) is 0 Å². The van der Waals surface area contributed by atoms with Gasteiger partial charge in [-0.3, -0.25) is 9.79 Å². The molecule has 0 amide bonds. The molecule has 0 radical (unpaired) electrons. The molecule has 0 bridgehead atoms. The lowest BCUT2D eigenvalue weighted by atomic mass is 10.2. The van der Waals surface area contributed by atoms with Crippen molar-refractivity contribution in [2.45, 2.75) is 13.3 Å². The van der Waals surface area contributed by atoms with Gasteiger partial charge in [0.2, 0.25) is 0 Å². The van der Waals surface area contributed by atoms with Gasteiger partial charge >= 0.3 is 13.8 Å². The van der Waals surface area contributed by atoms with Gasteiger partial charge in [0.1, 0.15) is 6.26 Å². The second kappa shape index (κ2) is 4.25. The minimum absolute atomic E-state index is 0.134. The van der Waals surface area contributed by atoms with Crippen molar-refractivity contribution < 1.29 is 28.8 Å². The molecule has 0 aliphatic heterocycles. The van der Waals surface area contributed by atoms with Gasteiger partial charge in [0.15, 0.2) is 0 Å². The van der Waals surface area contributed by atoms with E-state index in [9.17, 15) is 9.36 Å². The molecule has 0 rings (SSSR count). The van der Waals surface area contributed by atoms with Gasteiger partial charge in [-0.1, -0.05) is 6.92 Å². The summed E-state index contributed by atoms with van der Waals surface area (Å²) in [6, 6.07) is 0. The van der Waals surface area contributed by atoms with Gasteiger partial charge in [-0.05, 0) is 6.42 Å². The topological polar surface area (TPSA) is 104 Å². The molecule has 0 spiro atoms. The van der Waals surface area contributed by atoms with Crippen LogP contribution in [-0.2, 0) is 13.9 Å². The maximum Gasteiger partial charge on any atom is 0.524 e. The first-order valence-electron chi connectivity index (χ1n) is 3.03. The molecule has 0 aliphatic carbocycles. The van der Waals surface area contributed by atoms with E-state index in [0.29, 0.717) is 6.26 Å². The van der Waals surface area contributed by atoms with E-state index < -0.39 is 13.8 Å². The fraction of sp³-hybridized carbons (Fsp3) is 0.400. The molecule has 0 saturated carbocycles. The summed E-state index contributed by atoms with van der Waals surface area (Å²) in [7, 11) is -4.61. The molecule has 0 unspecified atom stereocenters. The van der Waals surface area contributed by atoms with E-state index >= 15 is 0 Å². The Bertz CT molecular complexity index is 238. The van der Waals surface area contributed by atoms with Crippen LogP contribution in [0.15, 0.2) is 11.8 Å². The second-order valence-corrected chi connectivity index (χ2v) is 3.09. The SMILES string of the molecule is CCC(=COP(=O)(O)O)C(=O)O. The Morgan fingerprint density at radius 1 is 1.58 bits per heavy atom. The number of carboxylic acid groups (broad SMARTS) is 1. The second-order valence-electron chi connectivity index (χ2n) is 1.90. The van der Waals surface area contributed by atoms with Crippen molar-refractivity contribution in [1.29, 1.82) is 0 Å². The third-order valence-corrected chi connectivity index (χ3v) is 1.37. The molecule has 0 aromatic rings. The van der Waals surface area contributed by atoms with Crippen LogP contribution in [0.1, 0.15) is 13.3 Å². The number of aliphatic carboxylic acids is 1. The minimum Gasteiger partial charge on any atom is -0.478 e. The van der Waals surface area contributed by atoms with Crippen LogP contribution >= 0.6 is 7.82 Å². The lowest BCUT2D eigenvalue weighted by molar-refractivity contribution is -0.132. The van der Waals surface area contributed by atoms with E-state index in [1.54, 1.807) is 0 Å². The molecule has 0 aromatic heterocycles. The standard InChI is InChI=1S/C5H9O6P/c1-2-4(5(6)7)3-11-12(8,9)10/h3H,2H2,1H3,(H,6,7)(H2,8,9,10). The third kappa shape index (κ3) is 4.90. The predicted octanol–water partition coefficient (Wildman–Crippen LogP) is 0.474. The van der Waals surface area contributed by atoms with E-state index in [1.165, 1.54) is 6.92 Å². The number of rotatable bonds is 4. The molecule has 0 aliphatic rings. The van der Waals surface area contributed by atoms with Crippen molar-refractivity contribution in [1.82, 2.24) is 0 Å². The maximum atomic E-state index is 10.2. The lowest BCUT2D eigenvalue weighted by Crippen LogP contribution is -1.99. The summed E-state index contributed by atoms with van der Waals surface area (Å²) in [6.07, 6.45) is 0.693. The molecule has 0 saturated heterocycles. The van der Waals surface area contributed by atoms with Crippen LogP contribution in [0.4, 0.5) is 0 Å². The monoisotopic (exact) mass is 196 g/mol. The Labute approximate surface area is 68.7 Å². The van der Waals surface area contributed by atoms with Crippen LogP contribution in [0.3, 0.4) is 0 Å². The van der Waals surface area contributed by atoms with Crippen LogP contribution in [-0.4, -0.2) is 20.9 Å². The average Bonchev–Trinajstić information content (AvgIpc) is 1.85.